The second-order valence-corrected chi connectivity index (χ2v) is 8.12. The Morgan fingerprint density at radius 1 is 1.16 bits per heavy atom. The fourth-order valence-electron chi connectivity index (χ4n) is 3.89. The highest BCUT2D eigenvalue weighted by molar-refractivity contribution is 6.32. The molecule has 4 aromatic rings. The average Bonchev–Trinajstić information content (AvgIpc) is 3.54. The number of benzene rings is 2. The molecule has 9 heteroatoms. The maximum Gasteiger partial charge on any atom is 0.337 e. The molecule has 32 heavy (non-hydrogen) atoms. The molecule has 0 atom stereocenters. The molecule has 0 saturated heterocycles. The molecule has 1 aliphatic carbocycles. The van der Waals surface area contributed by atoms with E-state index in [1.165, 1.54) is 22.6 Å². The summed E-state index contributed by atoms with van der Waals surface area (Å²) in [6.45, 7) is 0.294. The number of rotatable bonds is 5. The lowest BCUT2D eigenvalue weighted by atomic mass is 10.1. The zero-order chi connectivity index (χ0) is 22.4. The highest BCUT2D eigenvalue weighted by atomic mass is 35.5. The van der Waals surface area contributed by atoms with Crippen molar-refractivity contribution in [1.82, 2.24) is 18.7 Å². The van der Waals surface area contributed by atoms with E-state index in [-0.39, 0.29) is 17.2 Å². The van der Waals surface area contributed by atoms with Crippen LogP contribution in [0.25, 0.3) is 16.9 Å². The van der Waals surface area contributed by atoms with Gasteiger partial charge in [0, 0.05) is 12.6 Å². The van der Waals surface area contributed by atoms with Crippen LogP contribution in [0.2, 0.25) is 5.02 Å². The van der Waals surface area contributed by atoms with Crippen LogP contribution in [0.15, 0.2) is 64.4 Å². The van der Waals surface area contributed by atoms with E-state index in [0.717, 1.165) is 18.4 Å². The van der Waals surface area contributed by atoms with E-state index in [1.807, 2.05) is 6.07 Å². The van der Waals surface area contributed by atoms with Crippen molar-refractivity contribution in [3.8, 4) is 5.69 Å². The second kappa shape index (κ2) is 7.80. The van der Waals surface area contributed by atoms with E-state index >= 15 is 0 Å². The molecule has 8 nitrogen and oxygen atoms in total. The van der Waals surface area contributed by atoms with Crippen molar-refractivity contribution >= 4 is 28.7 Å². The number of ether oxygens (including phenoxy) is 1. The third kappa shape index (κ3) is 3.33. The molecule has 2 aromatic heterocycles. The topological polar surface area (TPSA) is 88.1 Å². The van der Waals surface area contributed by atoms with Crippen LogP contribution in [-0.4, -0.2) is 31.8 Å². The van der Waals surface area contributed by atoms with Crippen molar-refractivity contribution in [1.29, 1.82) is 0 Å². The van der Waals surface area contributed by atoms with E-state index in [0.29, 0.717) is 28.3 Å². The van der Waals surface area contributed by atoms with Gasteiger partial charge >= 0.3 is 11.7 Å². The number of aromatic nitrogens is 4. The highest BCUT2D eigenvalue weighted by Gasteiger charge is 2.31. The zero-order valence-corrected chi connectivity index (χ0v) is 18.0. The summed E-state index contributed by atoms with van der Waals surface area (Å²) in [4.78, 5) is 43.0. The lowest BCUT2D eigenvalue weighted by Crippen LogP contribution is -2.39. The van der Waals surface area contributed by atoms with Crippen LogP contribution in [0.3, 0.4) is 0 Å². The molecular formula is C23H19ClN4O4. The molecule has 5 rings (SSSR count). The van der Waals surface area contributed by atoms with Gasteiger partial charge in [0.1, 0.15) is 0 Å². The Morgan fingerprint density at radius 3 is 2.66 bits per heavy atom. The Hall–Kier alpha value is -3.65. The second-order valence-electron chi connectivity index (χ2n) is 7.71. The van der Waals surface area contributed by atoms with Crippen LogP contribution in [0, 0.1) is 0 Å². The number of fused-ring (bicyclic) bond motifs is 1. The van der Waals surface area contributed by atoms with Gasteiger partial charge < -0.3 is 9.30 Å². The number of methoxy groups -OCH3 is 1. The molecule has 0 spiro atoms. The molecular weight excluding hydrogens is 432 g/mol. The summed E-state index contributed by atoms with van der Waals surface area (Å²) < 4.78 is 9.19. The molecule has 0 aliphatic heterocycles. The van der Waals surface area contributed by atoms with E-state index < -0.39 is 11.7 Å². The number of halogens is 1. The van der Waals surface area contributed by atoms with Gasteiger partial charge in [-0.15, -0.1) is 0 Å². The van der Waals surface area contributed by atoms with Crippen LogP contribution in [-0.2, 0) is 11.3 Å². The summed E-state index contributed by atoms with van der Waals surface area (Å²) in [6, 6.07) is 13.8. The largest absolute Gasteiger partial charge is 0.465 e. The maximum absolute atomic E-state index is 13.4. The average molecular weight is 451 g/mol. The Morgan fingerprint density at radius 2 is 1.94 bits per heavy atom. The highest BCUT2D eigenvalue weighted by Crippen LogP contribution is 2.33. The van der Waals surface area contributed by atoms with Gasteiger partial charge in [0.25, 0.3) is 5.56 Å². The van der Waals surface area contributed by atoms with Gasteiger partial charge in [-0.25, -0.2) is 19.1 Å². The lowest BCUT2D eigenvalue weighted by molar-refractivity contribution is 0.0600. The lowest BCUT2D eigenvalue weighted by Gasteiger charge is -2.13. The Labute approximate surface area is 187 Å². The fourth-order valence-corrected chi connectivity index (χ4v) is 4.11. The van der Waals surface area contributed by atoms with Crippen molar-refractivity contribution < 1.29 is 9.53 Å². The number of imidazole rings is 1. The fraction of sp³-hybridized carbons (Fsp3) is 0.217. The molecule has 0 bridgehead atoms. The number of esters is 1. The van der Waals surface area contributed by atoms with Gasteiger partial charge in [0.05, 0.1) is 29.7 Å². The molecule has 0 unspecified atom stereocenters. The molecule has 1 saturated carbocycles. The summed E-state index contributed by atoms with van der Waals surface area (Å²) in [6.07, 6.45) is 3.08. The van der Waals surface area contributed by atoms with Crippen molar-refractivity contribution in [2.75, 3.05) is 7.11 Å². The van der Waals surface area contributed by atoms with E-state index in [1.54, 1.807) is 47.0 Å². The Balaban J connectivity index is 1.72. The van der Waals surface area contributed by atoms with E-state index in [4.69, 9.17) is 16.3 Å². The number of para-hydroxylation sites is 1. The summed E-state index contributed by atoms with van der Waals surface area (Å²) >= 11 is 6.39. The molecule has 1 fully saturated rings. The summed E-state index contributed by atoms with van der Waals surface area (Å²) in [5.41, 5.74) is 1.40. The van der Waals surface area contributed by atoms with Crippen molar-refractivity contribution in [2.24, 2.45) is 0 Å². The number of nitrogens with zero attached hydrogens (tertiary/aromatic N) is 4. The SMILES string of the molecule is COC(=O)c1cccc(Cn2cnc3c2c(=O)n(C2CC2)c(=O)n3-c2ccccc2Cl)c1. The van der Waals surface area contributed by atoms with Gasteiger partial charge in [0.2, 0.25) is 0 Å². The number of carbonyl (C=O) groups excluding carboxylic acids is 1. The molecule has 2 aromatic carbocycles. The maximum atomic E-state index is 13.4. The van der Waals surface area contributed by atoms with E-state index in [9.17, 15) is 14.4 Å². The summed E-state index contributed by atoms with van der Waals surface area (Å²) in [5.74, 6) is -0.439. The first-order chi connectivity index (χ1) is 15.5. The Kier molecular flexibility index (Phi) is 4.94. The predicted octanol–water partition coefficient (Wildman–Crippen LogP) is 3.17. The monoisotopic (exact) mass is 450 g/mol. The first-order valence-corrected chi connectivity index (χ1v) is 10.5. The minimum atomic E-state index is -0.448. The molecule has 0 radical (unpaired) electrons. The third-order valence-corrected chi connectivity index (χ3v) is 5.87. The number of hydrogen-bond donors (Lipinski definition) is 0. The van der Waals surface area contributed by atoms with Gasteiger partial charge in [-0.1, -0.05) is 35.9 Å². The molecule has 2 heterocycles. The molecule has 1 aliphatic rings. The van der Waals surface area contributed by atoms with Gasteiger partial charge in [-0.2, -0.15) is 0 Å². The van der Waals surface area contributed by atoms with Crippen LogP contribution >= 0.6 is 11.6 Å². The smallest absolute Gasteiger partial charge is 0.337 e. The molecule has 162 valence electrons. The Bertz CT molecular complexity index is 1480. The number of hydrogen-bond acceptors (Lipinski definition) is 5. The van der Waals surface area contributed by atoms with Gasteiger partial charge in [-0.05, 0) is 42.7 Å². The first kappa shape index (κ1) is 20.3. The predicted molar refractivity (Wildman–Crippen MR) is 120 cm³/mol. The van der Waals surface area contributed by atoms with Crippen LogP contribution in [0.1, 0.15) is 34.8 Å². The molecule has 0 N–H and O–H groups in total. The standard InChI is InChI=1S/C23H19ClN4O4/c1-32-22(30)15-6-4-5-14(11-15)12-26-13-25-20-19(26)21(29)27(16-9-10-16)23(31)28(20)18-8-3-2-7-17(18)24/h2-8,11,13,16H,9-10,12H2,1H3. The minimum absolute atomic E-state index is 0.126. The van der Waals surface area contributed by atoms with Gasteiger partial charge in [0.15, 0.2) is 11.2 Å². The quantitative estimate of drug-likeness (QED) is 0.436. The normalized spacial score (nSPS) is 13.4. The van der Waals surface area contributed by atoms with Crippen molar-refractivity contribution in [3.63, 3.8) is 0 Å². The summed E-state index contributed by atoms with van der Waals surface area (Å²) in [5, 5.41) is 0.386. The van der Waals surface area contributed by atoms with Crippen molar-refractivity contribution in [2.45, 2.75) is 25.4 Å². The molecule has 0 amide bonds. The van der Waals surface area contributed by atoms with Crippen molar-refractivity contribution in [3.05, 3.63) is 91.8 Å². The van der Waals surface area contributed by atoms with Crippen LogP contribution < -0.4 is 11.2 Å². The van der Waals surface area contributed by atoms with Crippen LogP contribution in [0.5, 0.6) is 0 Å². The summed E-state index contributed by atoms with van der Waals surface area (Å²) in [7, 11) is 1.33. The van der Waals surface area contributed by atoms with E-state index in [2.05, 4.69) is 4.98 Å². The van der Waals surface area contributed by atoms with Gasteiger partial charge in [-0.3, -0.25) is 9.36 Å². The van der Waals surface area contributed by atoms with Crippen LogP contribution in [0.4, 0.5) is 0 Å². The first-order valence-electron chi connectivity index (χ1n) is 10.1. The number of carbonyl (C=O) groups is 1. The zero-order valence-electron chi connectivity index (χ0n) is 17.2. The minimum Gasteiger partial charge on any atom is -0.465 e. The third-order valence-electron chi connectivity index (χ3n) is 5.56.